The number of carboxylic acid groups (broad SMARTS) is 1. The van der Waals surface area contributed by atoms with Crippen molar-refractivity contribution in [2.75, 3.05) is 6.61 Å². The lowest BCUT2D eigenvalue weighted by molar-refractivity contribution is -0.141. The molecule has 2 aliphatic carbocycles. The van der Waals surface area contributed by atoms with E-state index in [1.54, 1.807) is 30.3 Å². The van der Waals surface area contributed by atoms with Crippen molar-refractivity contribution in [2.24, 2.45) is 4.40 Å². The van der Waals surface area contributed by atoms with E-state index >= 15 is 0 Å². The zero-order valence-corrected chi connectivity index (χ0v) is 29.0. The Morgan fingerprint density at radius 3 is 2.52 bits per heavy atom. The van der Waals surface area contributed by atoms with Crippen molar-refractivity contribution >= 4 is 65.1 Å². The highest BCUT2D eigenvalue weighted by Crippen LogP contribution is 2.35. The molecule has 0 aromatic heterocycles. The highest BCUT2D eigenvalue weighted by Gasteiger charge is 2.27. The molecule has 4 aromatic carbocycles. The minimum atomic E-state index is -1.18. The third-order valence-corrected chi connectivity index (χ3v) is 10.5. The number of allylic oxidation sites excluding steroid dienone is 1. The first-order chi connectivity index (χ1) is 24.3. The zero-order chi connectivity index (χ0) is 34.8. The van der Waals surface area contributed by atoms with E-state index in [2.05, 4.69) is 53.1 Å². The van der Waals surface area contributed by atoms with E-state index in [0.29, 0.717) is 11.3 Å². The maximum Gasteiger partial charge on any atom is 0.325 e. The van der Waals surface area contributed by atoms with Gasteiger partial charge in [0.05, 0.1) is 5.71 Å². The van der Waals surface area contributed by atoms with Crippen molar-refractivity contribution < 1.29 is 24.2 Å². The fraction of sp³-hybridized carbons (Fsp3) is 0.200. The molecule has 0 spiro atoms. The van der Waals surface area contributed by atoms with E-state index in [1.807, 2.05) is 30.3 Å². The summed E-state index contributed by atoms with van der Waals surface area (Å²) in [4.78, 5) is 39.8. The van der Waals surface area contributed by atoms with Crippen molar-refractivity contribution in [2.45, 2.75) is 49.1 Å². The number of aliphatic carboxylic acids is 1. The fourth-order valence-corrected chi connectivity index (χ4v) is 7.82. The summed E-state index contributed by atoms with van der Waals surface area (Å²) in [6.45, 7) is 1.02. The molecule has 50 heavy (non-hydrogen) atoms. The molecule has 1 unspecified atom stereocenters. The minimum absolute atomic E-state index is 0.110. The topological polar surface area (TPSA) is 117 Å². The lowest BCUT2D eigenvalue weighted by Gasteiger charge is -2.25. The number of ether oxygens (including phenoxy) is 1. The smallest absolute Gasteiger partial charge is 0.325 e. The Balaban J connectivity index is 1.20. The Hall–Kier alpha value is -5.06. The second-order valence-corrected chi connectivity index (χ2v) is 13.8. The number of hydrogen-bond donors (Lipinski definition) is 4. The van der Waals surface area contributed by atoms with Crippen LogP contribution in [0.15, 0.2) is 100 Å². The van der Waals surface area contributed by atoms with Gasteiger partial charge in [-0.1, -0.05) is 78.9 Å². The van der Waals surface area contributed by atoms with Gasteiger partial charge >= 0.3 is 5.97 Å². The van der Waals surface area contributed by atoms with Gasteiger partial charge in [0, 0.05) is 22.8 Å². The summed E-state index contributed by atoms with van der Waals surface area (Å²) in [5, 5.41) is 18.8. The molecule has 3 aliphatic rings. The van der Waals surface area contributed by atoms with Crippen LogP contribution in [0.4, 0.5) is 0 Å². The third kappa shape index (κ3) is 6.86. The normalized spacial score (nSPS) is 16.9. The molecule has 2 amide bonds. The third-order valence-electron chi connectivity index (χ3n) is 9.20. The van der Waals surface area contributed by atoms with Crippen LogP contribution in [0.3, 0.4) is 0 Å². The van der Waals surface area contributed by atoms with Gasteiger partial charge in [0.15, 0.2) is 6.61 Å². The van der Waals surface area contributed by atoms with E-state index in [0.717, 1.165) is 56.0 Å². The van der Waals surface area contributed by atoms with Crippen LogP contribution < -0.4 is 25.8 Å². The van der Waals surface area contributed by atoms with Crippen LogP contribution in [0.5, 0.6) is 5.75 Å². The maximum absolute atomic E-state index is 13.2. The largest absolute Gasteiger partial charge is 0.484 e. The monoisotopic (exact) mass is 701 g/mol. The Bertz CT molecular complexity index is 2310. The van der Waals surface area contributed by atoms with Crippen LogP contribution in [-0.4, -0.2) is 41.3 Å². The second-order valence-electron chi connectivity index (χ2n) is 12.5. The van der Waals surface area contributed by atoms with E-state index in [4.69, 9.17) is 21.8 Å². The molecular weight excluding hydrogens is 667 g/mol. The molecule has 7 rings (SSSR count). The number of carboxylic acids is 1. The molecular formula is C40H35N3O5S2. The van der Waals surface area contributed by atoms with E-state index in [-0.39, 0.29) is 12.5 Å². The number of benzene rings is 4. The summed E-state index contributed by atoms with van der Waals surface area (Å²) in [6.07, 6.45) is 9.47. The highest BCUT2D eigenvalue weighted by atomic mass is 32.2. The van der Waals surface area contributed by atoms with Crippen molar-refractivity contribution in [1.82, 2.24) is 10.6 Å². The molecule has 0 saturated heterocycles. The summed E-state index contributed by atoms with van der Waals surface area (Å²) >= 11 is 6.35. The van der Waals surface area contributed by atoms with Gasteiger partial charge in [-0.25, -0.2) is 4.40 Å². The molecule has 0 radical (unpaired) electrons. The number of carbonyl (C=O) groups is 3. The molecule has 3 atom stereocenters. The fourth-order valence-electron chi connectivity index (χ4n) is 6.70. The van der Waals surface area contributed by atoms with Gasteiger partial charge < -0.3 is 20.5 Å². The van der Waals surface area contributed by atoms with Crippen LogP contribution in [0.1, 0.15) is 54.0 Å². The quantitative estimate of drug-likeness (QED) is 0.140. The number of nitrogens with zero attached hydrogens (tertiary/aromatic N) is 1. The van der Waals surface area contributed by atoms with Gasteiger partial charge in [0.25, 0.3) is 5.91 Å². The summed E-state index contributed by atoms with van der Waals surface area (Å²) in [5.41, 5.74) is 5.18. The molecule has 4 aromatic rings. The standard InChI is InChI=1S/C40H35N3O5S2/c1-23(40(46)47)41-39(45)38(25-9-3-2-4-10-25)42-36(44)22-48-27-15-16-28-26(20-27)21-32(33-19-14-24-8-5-6-13-35(24)50-43-33)37-30-11-7-12-34(49)29(30)17-18-31(28)37/h2-6,8-10,13-21,23,32,38,49H,7,11-12,22H2,1H3,(H,41,45)(H,42,44)(H,46,47)/t23-,32?,38+/m0/s1. The molecule has 1 aliphatic heterocycles. The van der Waals surface area contributed by atoms with Crippen LogP contribution in [0, 0.1) is 10.4 Å². The average Bonchev–Trinajstić information content (AvgIpc) is 3.35. The lowest BCUT2D eigenvalue weighted by atomic mass is 9.80. The van der Waals surface area contributed by atoms with Gasteiger partial charge in [-0.3, -0.25) is 14.4 Å². The Kier molecular flexibility index (Phi) is 9.65. The minimum Gasteiger partial charge on any atom is -0.484 e. The summed E-state index contributed by atoms with van der Waals surface area (Å²) in [6, 6.07) is 24.9. The molecule has 0 fully saturated rings. The molecule has 3 N–H and O–H groups in total. The van der Waals surface area contributed by atoms with Crippen molar-refractivity contribution in [3.8, 4) is 5.75 Å². The number of rotatable bonds is 9. The first-order valence-corrected chi connectivity index (χ1v) is 17.7. The second kappa shape index (κ2) is 14.4. The van der Waals surface area contributed by atoms with E-state index in [9.17, 15) is 19.5 Å². The Morgan fingerprint density at radius 1 is 0.940 bits per heavy atom. The Labute approximate surface area is 298 Å². The van der Waals surface area contributed by atoms with Crippen LogP contribution in [-0.2, 0) is 20.8 Å². The van der Waals surface area contributed by atoms with Gasteiger partial charge in [-0.2, -0.15) is 0 Å². The molecule has 252 valence electrons. The SMILES string of the molecule is C[C@H](NC(=O)[C@H](NC(=O)COc1ccc2c(c1)=CC(C1=NSc3ccccc3C=C1)c1c3c(ccc1=2)=C(S)CCC3)c1ccccc1)C(=O)O. The number of fused-ring (bicyclic) bond motifs is 5. The maximum atomic E-state index is 13.2. The van der Waals surface area contributed by atoms with Crippen LogP contribution in [0.25, 0.3) is 17.1 Å². The molecule has 10 heteroatoms. The number of thiol groups is 1. The van der Waals surface area contributed by atoms with Crippen LogP contribution >= 0.6 is 24.6 Å². The number of hydrogen-bond acceptors (Lipinski definition) is 7. The van der Waals surface area contributed by atoms with Crippen molar-refractivity contribution in [1.29, 1.82) is 0 Å². The summed E-state index contributed by atoms with van der Waals surface area (Å²) < 4.78 is 11.0. The van der Waals surface area contributed by atoms with Crippen LogP contribution in [0.2, 0.25) is 0 Å². The number of nitrogens with one attached hydrogen (secondary N) is 2. The zero-order valence-electron chi connectivity index (χ0n) is 27.3. The first kappa shape index (κ1) is 33.4. The van der Waals surface area contributed by atoms with Gasteiger partial charge in [-0.15, -0.1) is 12.6 Å². The highest BCUT2D eigenvalue weighted by molar-refractivity contribution is 7.98. The molecule has 8 nitrogen and oxygen atoms in total. The van der Waals surface area contributed by atoms with Crippen molar-refractivity contribution in [3.05, 3.63) is 134 Å². The molecule has 1 heterocycles. The van der Waals surface area contributed by atoms with E-state index < -0.39 is 29.9 Å². The van der Waals surface area contributed by atoms with E-state index in [1.165, 1.54) is 35.2 Å². The predicted molar refractivity (Wildman–Crippen MR) is 199 cm³/mol. The van der Waals surface area contributed by atoms with Gasteiger partial charge in [-0.05, 0) is 98.5 Å². The predicted octanol–water partition coefficient (Wildman–Crippen LogP) is 5.23. The average molecular weight is 702 g/mol. The molecule has 0 bridgehead atoms. The van der Waals surface area contributed by atoms with Gasteiger partial charge in [0.2, 0.25) is 5.91 Å². The van der Waals surface area contributed by atoms with Gasteiger partial charge in [0.1, 0.15) is 17.8 Å². The summed E-state index contributed by atoms with van der Waals surface area (Å²) in [7, 11) is 0. The lowest BCUT2D eigenvalue weighted by Crippen LogP contribution is -2.46. The first-order valence-electron chi connectivity index (χ1n) is 16.5. The molecule has 0 saturated carbocycles. The number of amides is 2. The summed E-state index contributed by atoms with van der Waals surface area (Å²) in [5.74, 6) is -1.94. The van der Waals surface area contributed by atoms with Crippen molar-refractivity contribution in [3.63, 3.8) is 0 Å². The Morgan fingerprint density at radius 2 is 1.70 bits per heavy atom. The number of carbonyl (C=O) groups excluding carboxylic acids is 2.